The Morgan fingerprint density at radius 2 is 2.28 bits per heavy atom. The lowest BCUT2D eigenvalue weighted by Gasteiger charge is -2.22. The van der Waals surface area contributed by atoms with Crippen molar-refractivity contribution in [2.24, 2.45) is 0 Å². The zero-order valence-electron chi connectivity index (χ0n) is 9.46. The fraction of sp³-hybridized carbons (Fsp3) is 0.500. The first-order valence-corrected chi connectivity index (χ1v) is 8.93. The smallest absolute Gasteiger partial charge is 0.347 e. The minimum Gasteiger partial charge on any atom is -0.477 e. The molecule has 8 heteroatoms. The molecule has 2 heterocycles. The molecule has 0 radical (unpaired) electrons. The molecular weight excluding hydrogens is 294 g/mol. The molecule has 0 bridgehead atoms. The van der Waals surface area contributed by atoms with Gasteiger partial charge < -0.3 is 5.11 Å². The largest absolute Gasteiger partial charge is 0.477 e. The molecule has 2 rings (SSSR count). The SMILES string of the molecule is O=C(O)c1sccc1S(=O)(=O)NC1CCCSC1. The van der Waals surface area contributed by atoms with Crippen LogP contribution >= 0.6 is 23.1 Å². The van der Waals surface area contributed by atoms with Gasteiger partial charge in [0.05, 0.1) is 0 Å². The van der Waals surface area contributed by atoms with E-state index in [1.165, 1.54) is 11.4 Å². The van der Waals surface area contributed by atoms with Crippen LogP contribution in [0.3, 0.4) is 0 Å². The normalized spacial score (nSPS) is 20.8. The summed E-state index contributed by atoms with van der Waals surface area (Å²) in [4.78, 5) is 10.7. The Kier molecular flexibility index (Phi) is 4.31. The minimum absolute atomic E-state index is 0.102. The van der Waals surface area contributed by atoms with Crippen molar-refractivity contribution in [2.75, 3.05) is 11.5 Å². The zero-order chi connectivity index (χ0) is 13.2. The van der Waals surface area contributed by atoms with Crippen LogP contribution in [-0.2, 0) is 10.0 Å². The number of hydrogen-bond donors (Lipinski definition) is 2. The van der Waals surface area contributed by atoms with Crippen LogP contribution in [-0.4, -0.2) is 37.0 Å². The van der Waals surface area contributed by atoms with E-state index in [4.69, 9.17) is 5.11 Å². The quantitative estimate of drug-likeness (QED) is 0.883. The predicted octanol–water partition coefficient (Wildman–Crippen LogP) is 1.62. The van der Waals surface area contributed by atoms with Crippen LogP contribution in [0.4, 0.5) is 0 Å². The molecule has 0 aromatic carbocycles. The van der Waals surface area contributed by atoms with Gasteiger partial charge in [-0.1, -0.05) is 0 Å². The molecular formula is C10H13NO4S3. The fourth-order valence-corrected chi connectivity index (χ4v) is 5.49. The van der Waals surface area contributed by atoms with Gasteiger partial charge >= 0.3 is 5.97 Å². The van der Waals surface area contributed by atoms with Crippen molar-refractivity contribution in [3.8, 4) is 0 Å². The number of hydrogen-bond acceptors (Lipinski definition) is 5. The summed E-state index contributed by atoms with van der Waals surface area (Å²) in [5, 5.41) is 10.4. The third-order valence-electron chi connectivity index (χ3n) is 2.59. The Morgan fingerprint density at radius 1 is 1.50 bits per heavy atom. The van der Waals surface area contributed by atoms with E-state index in [0.29, 0.717) is 0 Å². The van der Waals surface area contributed by atoms with Crippen LogP contribution in [0, 0.1) is 0 Å². The van der Waals surface area contributed by atoms with Crippen LogP contribution in [0.2, 0.25) is 0 Å². The average Bonchev–Trinajstić information content (AvgIpc) is 2.79. The van der Waals surface area contributed by atoms with Crippen molar-refractivity contribution >= 4 is 39.1 Å². The highest BCUT2D eigenvalue weighted by atomic mass is 32.2. The molecule has 1 fully saturated rings. The number of carboxylic acid groups (broad SMARTS) is 1. The molecule has 0 spiro atoms. The molecule has 1 atom stereocenters. The highest BCUT2D eigenvalue weighted by Crippen LogP contribution is 2.24. The van der Waals surface area contributed by atoms with Crippen molar-refractivity contribution < 1.29 is 18.3 Å². The molecule has 5 nitrogen and oxygen atoms in total. The molecule has 1 aromatic heterocycles. The van der Waals surface area contributed by atoms with Crippen LogP contribution in [0.1, 0.15) is 22.5 Å². The maximum absolute atomic E-state index is 12.1. The molecule has 1 unspecified atom stereocenters. The maximum Gasteiger partial charge on any atom is 0.347 e. The molecule has 0 aliphatic carbocycles. The third-order valence-corrected chi connectivity index (χ3v) is 6.40. The first-order valence-electron chi connectivity index (χ1n) is 5.41. The Labute approximate surface area is 114 Å². The standard InChI is InChI=1S/C10H13NO4S3/c12-10(13)9-8(3-5-17-9)18(14,15)11-7-2-1-4-16-6-7/h3,5,7,11H,1-2,4,6H2,(H,12,13). The second kappa shape index (κ2) is 5.60. The predicted molar refractivity (Wildman–Crippen MR) is 71.9 cm³/mol. The molecule has 0 amide bonds. The summed E-state index contributed by atoms with van der Waals surface area (Å²) in [5.74, 6) is 0.589. The molecule has 1 aromatic rings. The van der Waals surface area contributed by atoms with Crippen molar-refractivity contribution in [1.82, 2.24) is 4.72 Å². The first-order chi connectivity index (χ1) is 8.50. The van der Waals surface area contributed by atoms with Gasteiger partial charge in [0.2, 0.25) is 10.0 Å². The van der Waals surface area contributed by atoms with Crippen LogP contribution in [0.5, 0.6) is 0 Å². The molecule has 1 aliphatic rings. The van der Waals surface area contributed by atoms with E-state index >= 15 is 0 Å². The summed E-state index contributed by atoms with van der Waals surface area (Å²) < 4.78 is 26.8. The van der Waals surface area contributed by atoms with Gasteiger partial charge in [-0.3, -0.25) is 0 Å². The second-order valence-electron chi connectivity index (χ2n) is 3.95. The van der Waals surface area contributed by atoms with Crippen LogP contribution < -0.4 is 4.72 Å². The summed E-state index contributed by atoms with van der Waals surface area (Å²) in [6, 6.07) is 1.24. The van der Waals surface area contributed by atoms with Crippen molar-refractivity contribution in [2.45, 2.75) is 23.8 Å². The highest BCUT2D eigenvalue weighted by molar-refractivity contribution is 7.99. The monoisotopic (exact) mass is 307 g/mol. The van der Waals surface area contributed by atoms with Crippen molar-refractivity contribution in [1.29, 1.82) is 0 Å². The molecule has 2 N–H and O–H groups in total. The molecule has 100 valence electrons. The van der Waals surface area contributed by atoms with Gasteiger partial charge in [-0.2, -0.15) is 11.8 Å². The van der Waals surface area contributed by atoms with Crippen molar-refractivity contribution in [3.63, 3.8) is 0 Å². The van der Waals surface area contributed by atoms with Gasteiger partial charge in [0.1, 0.15) is 9.77 Å². The van der Waals surface area contributed by atoms with E-state index in [1.54, 1.807) is 11.8 Å². The zero-order valence-corrected chi connectivity index (χ0v) is 11.9. The van der Waals surface area contributed by atoms with Gasteiger partial charge in [0.15, 0.2) is 0 Å². The van der Waals surface area contributed by atoms with E-state index in [9.17, 15) is 13.2 Å². The summed E-state index contributed by atoms with van der Waals surface area (Å²) in [6.45, 7) is 0. The lowest BCUT2D eigenvalue weighted by molar-refractivity contribution is 0.0698. The average molecular weight is 307 g/mol. The van der Waals surface area contributed by atoms with E-state index in [-0.39, 0.29) is 15.8 Å². The number of carbonyl (C=O) groups is 1. The second-order valence-corrected chi connectivity index (χ2v) is 7.70. The van der Waals surface area contributed by atoms with Gasteiger partial charge in [0, 0.05) is 11.8 Å². The number of sulfonamides is 1. The number of thiophene rings is 1. The number of aromatic carboxylic acids is 1. The lowest BCUT2D eigenvalue weighted by atomic mass is 10.2. The maximum atomic E-state index is 12.1. The number of thioether (sulfide) groups is 1. The summed E-state index contributed by atoms with van der Waals surface area (Å²) in [6.07, 6.45) is 1.78. The van der Waals surface area contributed by atoms with Gasteiger partial charge in [-0.15, -0.1) is 11.3 Å². The van der Waals surface area contributed by atoms with Crippen LogP contribution in [0.25, 0.3) is 0 Å². The van der Waals surface area contributed by atoms with E-state index in [0.717, 1.165) is 35.7 Å². The van der Waals surface area contributed by atoms with Gasteiger partial charge in [-0.05, 0) is 30.0 Å². The Morgan fingerprint density at radius 3 is 2.89 bits per heavy atom. The lowest BCUT2D eigenvalue weighted by Crippen LogP contribution is -2.38. The minimum atomic E-state index is -3.73. The molecule has 18 heavy (non-hydrogen) atoms. The number of rotatable bonds is 4. The molecule has 1 saturated heterocycles. The Bertz CT molecular complexity index is 531. The van der Waals surface area contributed by atoms with E-state index in [2.05, 4.69) is 4.72 Å². The van der Waals surface area contributed by atoms with E-state index in [1.807, 2.05) is 0 Å². The summed E-state index contributed by atoms with van der Waals surface area (Å²) in [5.41, 5.74) is 0. The number of nitrogens with one attached hydrogen (secondary N) is 1. The third kappa shape index (κ3) is 3.05. The topological polar surface area (TPSA) is 83.5 Å². The van der Waals surface area contributed by atoms with Crippen LogP contribution in [0.15, 0.2) is 16.3 Å². The summed E-state index contributed by atoms with van der Waals surface area (Å²) >= 11 is 2.63. The molecule has 0 saturated carbocycles. The van der Waals surface area contributed by atoms with E-state index < -0.39 is 16.0 Å². The molecule has 1 aliphatic heterocycles. The van der Waals surface area contributed by atoms with Gasteiger partial charge in [0.25, 0.3) is 0 Å². The Hall–Kier alpha value is -0.570. The Balaban J connectivity index is 2.19. The summed E-state index contributed by atoms with van der Waals surface area (Å²) in [7, 11) is -3.73. The highest BCUT2D eigenvalue weighted by Gasteiger charge is 2.27. The van der Waals surface area contributed by atoms with Crippen molar-refractivity contribution in [3.05, 3.63) is 16.3 Å². The first kappa shape index (κ1) is 13.9. The van der Waals surface area contributed by atoms with Gasteiger partial charge in [-0.25, -0.2) is 17.9 Å². The number of carboxylic acids is 1. The fourth-order valence-electron chi connectivity index (χ4n) is 1.78.